The van der Waals surface area contributed by atoms with Crippen molar-refractivity contribution in [2.75, 3.05) is 0 Å². The summed E-state index contributed by atoms with van der Waals surface area (Å²) in [4.78, 5) is 38.1. The van der Waals surface area contributed by atoms with E-state index in [-0.39, 0.29) is 11.1 Å². The molecule has 0 saturated carbocycles. The van der Waals surface area contributed by atoms with Gasteiger partial charge in [-0.05, 0) is 95.1 Å². The maximum absolute atomic E-state index is 11.9. The van der Waals surface area contributed by atoms with Gasteiger partial charge in [0.1, 0.15) is 0 Å². The summed E-state index contributed by atoms with van der Waals surface area (Å²) in [6, 6.07) is 27.0. The summed E-state index contributed by atoms with van der Waals surface area (Å²) in [5.74, 6) is 0. The fourth-order valence-corrected chi connectivity index (χ4v) is 3.95. The molecule has 6 aromatic rings. The molecule has 0 aliphatic carbocycles. The van der Waals surface area contributed by atoms with Gasteiger partial charge in [0, 0.05) is 12.4 Å². The normalized spacial score (nSPS) is 10.9. The Balaban J connectivity index is 0.000000163. The summed E-state index contributed by atoms with van der Waals surface area (Å²) in [5, 5.41) is -1.98. The predicted molar refractivity (Wildman–Crippen MR) is 170 cm³/mol. The van der Waals surface area contributed by atoms with Crippen LogP contribution in [0.25, 0.3) is 44.3 Å². The molecule has 11 heteroatoms. The third-order valence-corrected chi connectivity index (χ3v) is 5.95. The second kappa shape index (κ2) is 13.3. The molecule has 0 aliphatic rings. The minimum absolute atomic E-state index is 0.101. The Hall–Kier alpha value is -3.74. The van der Waals surface area contributed by atoms with Crippen molar-refractivity contribution < 1.29 is 4.57 Å². The van der Waals surface area contributed by atoms with Crippen molar-refractivity contribution in [1.82, 2.24) is 19.9 Å². The highest BCUT2D eigenvalue weighted by Crippen LogP contribution is 2.61. The van der Waals surface area contributed by atoms with Gasteiger partial charge in [-0.1, -0.05) is 59.7 Å². The van der Waals surface area contributed by atoms with Gasteiger partial charge in [-0.2, -0.15) is 0 Å². The lowest BCUT2D eigenvalue weighted by Gasteiger charge is -2.03. The molecule has 0 saturated heterocycles. The van der Waals surface area contributed by atoms with E-state index in [0.717, 1.165) is 33.5 Å². The number of pyridine rings is 4. The van der Waals surface area contributed by atoms with E-state index in [1.807, 2.05) is 74.5 Å². The maximum atomic E-state index is 11.9. The monoisotopic (exact) mass is 624 g/mol. The molecule has 2 aromatic carbocycles. The first-order valence-electron chi connectivity index (χ1n) is 12.3. The van der Waals surface area contributed by atoms with Crippen molar-refractivity contribution in [1.29, 1.82) is 0 Å². The van der Waals surface area contributed by atoms with Crippen LogP contribution in [-0.4, -0.2) is 19.9 Å². The Morgan fingerprint density at radius 3 is 1.29 bits per heavy atom. The van der Waals surface area contributed by atoms with Crippen LogP contribution in [0.15, 0.2) is 107 Å². The molecule has 41 heavy (non-hydrogen) atoms. The van der Waals surface area contributed by atoms with Gasteiger partial charge in [0.15, 0.2) is 0 Å². The first-order valence-corrected chi connectivity index (χ1v) is 16.7. The molecule has 0 atom stereocenters. The molecule has 0 amide bonds. The summed E-state index contributed by atoms with van der Waals surface area (Å²) in [5.41, 5.74) is 7.20. The Labute approximate surface area is 249 Å². The number of benzene rings is 2. The van der Waals surface area contributed by atoms with Gasteiger partial charge in [-0.25, -0.2) is 0 Å². The van der Waals surface area contributed by atoms with E-state index in [0.29, 0.717) is 10.8 Å². The van der Waals surface area contributed by atoms with Gasteiger partial charge < -0.3 is 9.97 Å². The van der Waals surface area contributed by atoms with Crippen molar-refractivity contribution in [2.24, 2.45) is 0 Å². The number of halogens is 3. The molecule has 208 valence electrons. The lowest BCUT2D eigenvalue weighted by atomic mass is 10.1. The molecule has 0 spiro atoms. The van der Waals surface area contributed by atoms with E-state index in [1.165, 1.54) is 11.1 Å². The van der Waals surface area contributed by atoms with Crippen molar-refractivity contribution in [3.8, 4) is 22.5 Å². The standard InChI is InChI=1S/2C15H12N2O.Cl3OP/c2*1-10-4-6-11(7-5-10)13-9-14-12(15(18)17-13)3-2-8-16-14;1-5(2,3)4/h2*2-9H,1H3,(H,17,18);. The molecular formula is C30H24Cl3N4O3P. The van der Waals surface area contributed by atoms with Crippen LogP contribution >= 0.6 is 38.9 Å². The molecule has 2 N–H and O–H groups in total. The van der Waals surface area contributed by atoms with Crippen LogP contribution in [0.3, 0.4) is 0 Å². The molecule has 4 heterocycles. The number of aromatic nitrogens is 4. The number of rotatable bonds is 2. The second-order valence-corrected chi connectivity index (χ2v) is 15.7. The number of H-pyrrole nitrogens is 2. The summed E-state index contributed by atoms with van der Waals surface area (Å²) in [6.45, 7) is 4.07. The van der Waals surface area contributed by atoms with Gasteiger partial charge in [0.25, 0.3) is 11.1 Å². The van der Waals surface area contributed by atoms with Crippen molar-refractivity contribution >= 4 is 60.7 Å². The lowest BCUT2D eigenvalue weighted by molar-refractivity contribution is 0.600. The van der Waals surface area contributed by atoms with Crippen LogP contribution in [-0.2, 0) is 4.57 Å². The molecule has 7 nitrogen and oxygen atoms in total. The number of nitrogens with zero attached hydrogens (tertiary/aromatic N) is 2. The second-order valence-electron chi connectivity index (χ2n) is 9.03. The Morgan fingerprint density at radius 2 is 0.951 bits per heavy atom. The average molecular weight is 626 g/mol. The zero-order chi connectivity index (χ0) is 29.6. The predicted octanol–water partition coefficient (Wildman–Crippen LogP) is 8.61. The van der Waals surface area contributed by atoms with Crippen LogP contribution in [0.4, 0.5) is 0 Å². The van der Waals surface area contributed by atoms with Crippen molar-refractivity contribution in [3.05, 3.63) is 129 Å². The van der Waals surface area contributed by atoms with E-state index in [9.17, 15) is 14.2 Å². The Kier molecular flexibility index (Phi) is 9.79. The fourth-order valence-electron chi connectivity index (χ4n) is 3.95. The minimum atomic E-state index is -3.22. The van der Waals surface area contributed by atoms with Gasteiger partial charge in [-0.3, -0.25) is 24.1 Å². The zero-order valence-corrected chi connectivity index (χ0v) is 25.1. The highest BCUT2D eigenvalue weighted by Gasteiger charge is 2.05. The number of aromatic amines is 2. The topological polar surface area (TPSA) is 109 Å². The molecular weight excluding hydrogens is 602 g/mol. The summed E-state index contributed by atoms with van der Waals surface area (Å²) < 4.78 is 9.51. The first-order chi connectivity index (χ1) is 19.5. The lowest BCUT2D eigenvalue weighted by Crippen LogP contribution is -2.07. The summed E-state index contributed by atoms with van der Waals surface area (Å²) in [7, 11) is 0. The van der Waals surface area contributed by atoms with Crippen LogP contribution in [0.2, 0.25) is 0 Å². The van der Waals surface area contributed by atoms with E-state index in [4.69, 9.17) is 0 Å². The number of aryl methyl sites for hydroxylation is 2. The van der Waals surface area contributed by atoms with Gasteiger partial charge in [0.2, 0.25) is 0 Å². The smallest absolute Gasteiger partial charge is 0.321 e. The summed E-state index contributed by atoms with van der Waals surface area (Å²) >= 11 is 13.8. The largest absolute Gasteiger partial charge is 0.339 e. The quantitative estimate of drug-likeness (QED) is 0.187. The number of fused-ring (bicyclic) bond motifs is 2. The summed E-state index contributed by atoms with van der Waals surface area (Å²) in [6.07, 6.45) is 3.39. The molecule has 4 aromatic heterocycles. The van der Waals surface area contributed by atoms with E-state index < -0.39 is 5.20 Å². The van der Waals surface area contributed by atoms with Crippen molar-refractivity contribution in [3.63, 3.8) is 0 Å². The average Bonchev–Trinajstić information content (AvgIpc) is 2.93. The maximum Gasteiger partial charge on any atom is 0.339 e. The number of hydrogen-bond acceptors (Lipinski definition) is 5. The molecule has 6 rings (SSSR count). The molecule has 0 radical (unpaired) electrons. The third-order valence-electron chi connectivity index (χ3n) is 5.95. The van der Waals surface area contributed by atoms with Gasteiger partial charge >= 0.3 is 5.20 Å². The molecule has 0 unspecified atom stereocenters. The van der Waals surface area contributed by atoms with Gasteiger partial charge in [-0.15, -0.1) is 0 Å². The molecule has 0 fully saturated rings. The van der Waals surface area contributed by atoms with E-state index in [1.54, 1.807) is 36.7 Å². The molecule has 0 bridgehead atoms. The van der Waals surface area contributed by atoms with Crippen molar-refractivity contribution in [2.45, 2.75) is 13.8 Å². The number of hydrogen-bond donors (Lipinski definition) is 2. The highest BCUT2D eigenvalue weighted by atomic mass is 36.0. The van der Waals surface area contributed by atoms with E-state index in [2.05, 4.69) is 53.7 Å². The van der Waals surface area contributed by atoms with Gasteiger partial charge in [0.05, 0.1) is 33.2 Å². The van der Waals surface area contributed by atoms with Crippen LogP contribution in [0.1, 0.15) is 11.1 Å². The first kappa shape index (κ1) is 30.2. The number of nitrogens with one attached hydrogen (secondary N) is 2. The van der Waals surface area contributed by atoms with E-state index >= 15 is 0 Å². The highest BCUT2D eigenvalue weighted by molar-refractivity contribution is 8.24. The Bertz CT molecular complexity index is 1830. The molecule has 0 aliphatic heterocycles. The third kappa shape index (κ3) is 8.62. The van der Waals surface area contributed by atoms with Crippen LogP contribution in [0.5, 0.6) is 0 Å². The van der Waals surface area contributed by atoms with Crippen LogP contribution < -0.4 is 11.1 Å². The fraction of sp³-hybridized carbons (Fsp3) is 0.0667. The SMILES string of the molecule is Cc1ccc(-c2cc3ncccc3c(=O)[nH]2)cc1.Cc1ccc(-c2cc3ncccc3c(=O)[nH]2)cc1.O=P(Cl)(Cl)Cl. The van der Waals surface area contributed by atoms with Crippen LogP contribution in [0, 0.1) is 13.8 Å². The Morgan fingerprint density at radius 1 is 0.610 bits per heavy atom. The minimum Gasteiger partial charge on any atom is -0.321 e. The zero-order valence-electron chi connectivity index (χ0n) is 21.9.